The number of carbonyl (C=O) groups excluding carboxylic acids is 3. The molecule has 1 aromatic carbocycles. The predicted molar refractivity (Wildman–Crippen MR) is 96.0 cm³/mol. The summed E-state index contributed by atoms with van der Waals surface area (Å²) in [4.78, 5) is 36.3. The first-order valence-electron chi connectivity index (χ1n) is 8.81. The summed E-state index contributed by atoms with van der Waals surface area (Å²) in [6.07, 6.45) is 1.91. The summed E-state index contributed by atoms with van der Waals surface area (Å²) in [5.41, 5.74) is 1.53. The number of nitrogens with one attached hydrogen (secondary N) is 3. The van der Waals surface area contributed by atoms with Crippen molar-refractivity contribution in [2.24, 2.45) is 11.8 Å². The lowest BCUT2D eigenvalue weighted by Gasteiger charge is -2.22. The van der Waals surface area contributed by atoms with E-state index < -0.39 is 6.04 Å². The minimum atomic E-state index is -0.618. The van der Waals surface area contributed by atoms with E-state index in [-0.39, 0.29) is 29.6 Å². The summed E-state index contributed by atoms with van der Waals surface area (Å²) >= 11 is 0. The molecular weight excluding hydrogens is 318 g/mol. The molecule has 3 N–H and O–H groups in total. The summed E-state index contributed by atoms with van der Waals surface area (Å²) in [5, 5.41) is 8.38. The molecule has 3 amide bonds. The van der Waals surface area contributed by atoms with E-state index in [4.69, 9.17) is 0 Å². The van der Waals surface area contributed by atoms with Gasteiger partial charge in [-0.25, -0.2) is 0 Å². The normalized spacial score (nSPS) is 14.7. The van der Waals surface area contributed by atoms with E-state index in [1.807, 2.05) is 32.9 Å². The van der Waals surface area contributed by atoms with Crippen LogP contribution < -0.4 is 16.0 Å². The fourth-order valence-electron chi connectivity index (χ4n) is 2.52. The second-order valence-electron chi connectivity index (χ2n) is 6.92. The van der Waals surface area contributed by atoms with Crippen LogP contribution in [0.25, 0.3) is 0 Å². The molecule has 1 fully saturated rings. The number of rotatable bonds is 8. The van der Waals surface area contributed by atoms with E-state index in [0.717, 1.165) is 18.4 Å². The molecule has 0 radical (unpaired) electrons. The van der Waals surface area contributed by atoms with Crippen LogP contribution >= 0.6 is 0 Å². The van der Waals surface area contributed by atoms with Gasteiger partial charge in [-0.3, -0.25) is 14.4 Å². The Balaban J connectivity index is 1.82. The lowest BCUT2D eigenvalue weighted by atomic mass is 10.0. The van der Waals surface area contributed by atoms with Gasteiger partial charge in [-0.2, -0.15) is 0 Å². The molecule has 1 saturated carbocycles. The van der Waals surface area contributed by atoms with Crippen LogP contribution in [0.4, 0.5) is 0 Å². The predicted octanol–water partition coefficient (Wildman–Crippen LogP) is 1.39. The van der Waals surface area contributed by atoms with Gasteiger partial charge in [-0.15, -0.1) is 0 Å². The van der Waals surface area contributed by atoms with E-state index in [9.17, 15) is 14.4 Å². The van der Waals surface area contributed by atoms with Crippen molar-refractivity contribution < 1.29 is 14.4 Å². The van der Waals surface area contributed by atoms with Crippen molar-refractivity contribution in [3.63, 3.8) is 0 Å². The van der Waals surface area contributed by atoms with Crippen LogP contribution in [0.2, 0.25) is 0 Å². The molecule has 0 spiro atoms. The molecule has 6 heteroatoms. The van der Waals surface area contributed by atoms with E-state index >= 15 is 0 Å². The van der Waals surface area contributed by atoms with Crippen molar-refractivity contribution in [1.82, 2.24) is 16.0 Å². The molecule has 2 rings (SSSR count). The molecule has 0 aliphatic heterocycles. The van der Waals surface area contributed by atoms with E-state index in [0.29, 0.717) is 18.7 Å². The molecular formula is C19H27N3O3. The number of benzene rings is 1. The SMILES string of the molecule is Cc1cccc(C(=O)NC(C(=O)NCCNC(=O)C2CC2)C(C)C)c1. The van der Waals surface area contributed by atoms with Crippen LogP contribution in [0.3, 0.4) is 0 Å². The van der Waals surface area contributed by atoms with Gasteiger partial charge in [0.1, 0.15) is 6.04 Å². The van der Waals surface area contributed by atoms with Gasteiger partial charge in [0.25, 0.3) is 5.91 Å². The number of amides is 3. The van der Waals surface area contributed by atoms with Crippen molar-refractivity contribution in [2.75, 3.05) is 13.1 Å². The average molecular weight is 345 g/mol. The monoisotopic (exact) mass is 345 g/mol. The van der Waals surface area contributed by atoms with Crippen molar-refractivity contribution in [3.8, 4) is 0 Å². The minimum absolute atomic E-state index is 0.0465. The van der Waals surface area contributed by atoms with Crippen molar-refractivity contribution in [3.05, 3.63) is 35.4 Å². The van der Waals surface area contributed by atoms with Crippen molar-refractivity contribution >= 4 is 17.7 Å². The molecule has 0 saturated heterocycles. The number of hydrogen-bond acceptors (Lipinski definition) is 3. The van der Waals surface area contributed by atoms with Gasteiger partial charge in [0.15, 0.2) is 0 Å². The van der Waals surface area contributed by atoms with Crippen LogP contribution in [0.1, 0.15) is 42.6 Å². The third kappa shape index (κ3) is 5.89. The summed E-state index contributed by atoms with van der Waals surface area (Å²) in [5.74, 6) is -0.332. The smallest absolute Gasteiger partial charge is 0.251 e. The number of aryl methyl sites for hydroxylation is 1. The molecule has 1 atom stereocenters. The topological polar surface area (TPSA) is 87.3 Å². The molecule has 0 heterocycles. The quantitative estimate of drug-likeness (QED) is 0.622. The molecule has 136 valence electrons. The maximum Gasteiger partial charge on any atom is 0.251 e. The van der Waals surface area contributed by atoms with Crippen LogP contribution in [-0.4, -0.2) is 36.9 Å². The van der Waals surface area contributed by atoms with E-state index in [1.54, 1.807) is 12.1 Å². The van der Waals surface area contributed by atoms with Crippen LogP contribution in [-0.2, 0) is 9.59 Å². The Kier molecular flexibility index (Phi) is 6.56. The van der Waals surface area contributed by atoms with Crippen molar-refractivity contribution in [2.45, 2.75) is 39.7 Å². The van der Waals surface area contributed by atoms with E-state index in [1.165, 1.54) is 0 Å². The Morgan fingerprint density at radius 2 is 1.80 bits per heavy atom. The lowest BCUT2D eigenvalue weighted by Crippen LogP contribution is -2.50. The standard InChI is InChI=1S/C19H27N3O3/c1-12(2)16(22-18(24)15-6-4-5-13(3)11-15)19(25)21-10-9-20-17(23)14-7-8-14/h4-6,11-12,14,16H,7-10H2,1-3H3,(H,20,23)(H,21,25)(H,22,24). The Morgan fingerprint density at radius 1 is 1.12 bits per heavy atom. The average Bonchev–Trinajstić information content (AvgIpc) is 3.40. The zero-order chi connectivity index (χ0) is 18.4. The highest BCUT2D eigenvalue weighted by Gasteiger charge is 2.29. The summed E-state index contributed by atoms with van der Waals surface area (Å²) in [6, 6.07) is 6.63. The summed E-state index contributed by atoms with van der Waals surface area (Å²) in [6.45, 7) is 6.43. The number of carbonyl (C=O) groups is 3. The van der Waals surface area contributed by atoms with Gasteiger partial charge in [0, 0.05) is 24.6 Å². The Bertz CT molecular complexity index is 639. The molecule has 0 aromatic heterocycles. The third-order valence-corrected chi connectivity index (χ3v) is 4.19. The minimum Gasteiger partial charge on any atom is -0.354 e. The van der Waals surface area contributed by atoms with Gasteiger partial charge in [-0.05, 0) is 37.8 Å². The second kappa shape index (κ2) is 8.65. The molecule has 1 aliphatic carbocycles. The molecule has 1 unspecified atom stereocenters. The van der Waals surface area contributed by atoms with Gasteiger partial charge in [-0.1, -0.05) is 31.5 Å². The second-order valence-corrected chi connectivity index (χ2v) is 6.92. The van der Waals surface area contributed by atoms with Crippen LogP contribution in [0.15, 0.2) is 24.3 Å². The summed E-state index contributed by atoms with van der Waals surface area (Å²) < 4.78 is 0. The maximum atomic E-state index is 12.4. The molecule has 0 bridgehead atoms. The van der Waals surface area contributed by atoms with Crippen LogP contribution in [0.5, 0.6) is 0 Å². The van der Waals surface area contributed by atoms with E-state index in [2.05, 4.69) is 16.0 Å². The maximum absolute atomic E-state index is 12.4. The molecule has 1 aromatic rings. The van der Waals surface area contributed by atoms with Gasteiger partial charge in [0.05, 0.1) is 0 Å². The Labute approximate surface area is 148 Å². The highest BCUT2D eigenvalue weighted by molar-refractivity contribution is 5.97. The Hall–Kier alpha value is -2.37. The molecule has 6 nitrogen and oxygen atoms in total. The van der Waals surface area contributed by atoms with Crippen LogP contribution in [0, 0.1) is 18.8 Å². The highest BCUT2D eigenvalue weighted by atomic mass is 16.2. The number of hydrogen-bond donors (Lipinski definition) is 3. The highest BCUT2D eigenvalue weighted by Crippen LogP contribution is 2.28. The first-order valence-corrected chi connectivity index (χ1v) is 8.81. The van der Waals surface area contributed by atoms with Gasteiger partial charge >= 0.3 is 0 Å². The van der Waals surface area contributed by atoms with Gasteiger partial charge < -0.3 is 16.0 Å². The first kappa shape index (κ1) is 19.0. The zero-order valence-electron chi connectivity index (χ0n) is 15.1. The fraction of sp³-hybridized carbons (Fsp3) is 0.526. The first-order chi connectivity index (χ1) is 11.9. The molecule has 1 aliphatic rings. The molecule has 25 heavy (non-hydrogen) atoms. The largest absolute Gasteiger partial charge is 0.354 e. The van der Waals surface area contributed by atoms with Crippen molar-refractivity contribution in [1.29, 1.82) is 0 Å². The lowest BCUT2D eigenvalue weighted by molar-refractivity contribution is -0.125. The zero-order valence-corrected chi connectivity index (χ0v) is 15.1. The fourth-order valence-corrected chi connectivity index (χ4v) is 2.52. The summed E-state index contributed by atoms with van der Waals surface area (Å²) in [7, 11) is 0. The third-order valence-electron chi connectivity index (χ3n) is 4.19. The van der Waals surface area contributed by atoms with Gasteiger partial charge in [0.2, 0.25) is 11.8 Å². The Morgan fingerprint density at radius 3 is 2.40 bits per heavy atom.